The summed E-state index contributed by atoms with van der Waals surface area (Å²) in [7, 11) is 4.64. The fourth-order valence-electron chi connectivity index (χ4n) is 2.27. The Bertz CT molecular complexity index is 747. The third kappa shape index (κ3) is 3.59. The lowest BCUT2D eigenvalue weighted by Gasteiger charge is -2.13. The summed E-state index contributed by atoms with van der Waals surface area (Å²) in [6.45, 7) is 4.01. The first kappa shape index (κ1) is 17.6. The van der Waals surface area contributed by atoms with Gasteiger partial charge in [-0.25, -0.2) is 0 Å². The second-order valence-electron chi connectivity index (χ2n) is 5.42. The molecule has 128 valence electrons. The molecule has 24 heavy (non-hydrogen) atoms. The molecule has 0 aliphatic carbocycles. The van der Waals surface area contributed by atoms with Crippen molar-refractivity contribution in [3.8, 4) is 17.2 Å². The Morgan fingerprint density at radius 3 is 2.38 bits per heavy atom. The van der Waals surface area contributed by atoms with E-state index in [1.165, 1.54) is 6.08 Å². The fraction of sp³-hybridized carbons (Fsp3) is 0.333. The van der Waals surface area contributed by atoms with Crippen LogP contribution in [0.2, 0.25) is 0 Å². The predicted octanol–water partition coefficient (Wildman–Crippen LogP) is 3.39. The van der Waals surface area contributed by atoms with Crippen LogP contribution in [0.3, 0.4) is 0 Å². The Labute approximate surface area is 141 Å². The summed E-state index contributed by atoms with van der Waals surface area (Å²) in [4.78, 5) is 12.3. The number of aromatic nitrogens is 2. The van der Waals surface area contributed by atoms with Gasteiger partial charge in [0.05, 0.1) is 33.1 Å². The van der Waals surface area contributed by atoms with Crippen LogP contribution in [0.5, 0.6) is 17.2 Å². The lowest BCUT2D eigenvalue weighted by atomic mass is 10.1. The van der Waals surface area contributed by atoms with E-state index in [9.17, 15) is 4.79 Å². The van der Waals surface area contributed by atoms with Crippen molar-refractivity contribution in [2.75, 3.05) is 21.3 Å². The third-order valence-corrected chi connectivity index (χ3v) is 3.56. The van der Waals surface area contributed by atoms with Crippen molar-refractivity contribution in [1.82, 2.24) is 9.78 Å². The van der Waals surface area contributed by atoms with Gasteiger partial charge in [0, 0.05) is 17.8 Å². The molecule has 1 aromatic heterocycles. The third-order valence-electron chi connectivity index (χ3n) is 3.56. The maximum absolute atomic E-state index is 12.3. The fourth-order valence-corrected chi connectivity index (χ4v) is 2.27. The van der Waals surface area contributed by atoms with Crippen molar-refractivity contribution in [3.63, 3.8) is 0 Å². The van der Waals surface area contributed by atoms with Crippen LogP contribution in [0.25, 0.3) is 6.08 Å². The zero-order valence-electron chi connectivity index (χ0n) is 14.6. The van der Waals surface area contributed by atoms with Crippen LogP contribution in [0.4, 0.5) is 0 Å². The molecule has 0 atom stereocenters. The SMILES string of the molecule is COc1ccc(/C=C\C(=O)c2cnn(C(C)C)c2)c(OC)c1OC. The molecule has 6 nitrogen and oxygen atoms in total. The molecule has 6 heteroatoms. The molecule has 0 fully saturated rings. The van der Waals surface area contributed by atoms with Gasteiger partial charge < -0.3 is 14.2 Å². The van der Waals surface area contributed by atoms with Crippen molar-refractivity contribution >= 4 is 11.9 Å². The van der Waals surface area contributed by atoms with Crippen LogP contribution < -0.4 is 14.2 Å². The first-order valence-electron chi connectivity index (χ1n) is 7.57. The van der Waals surface area contributed by atoms with Gasteiger partial charge >= 0.3 is 0 Å². The van der Waals surface area contributed by atoms with Gasteiger partial charge in [-0.1, -0.05) is 0 Å². The Balaban J connectivity index is 2.29. The lowest BCUT2D eigenvalue weighted by Crippen LogP contribution is -2.00. The Kier molecular flexibility index (Phi) is 5.63. The molecule has 0 bridgehead atoms. The van der Waals surface area contributed by atoms with Gasteiger partial charge in [0.25, 0.3) is 0 Å². The van der Waals surface area contributed by atoms with E-state index in [4.69, 9.17) is 14.2 Å². The number of benzene rings is 1. The number of carbonyl (C=O) groups is 1. The second kappa shape index (κ2) is 7.68. The summed E-state index contributed by atoms with van der Waals surface area (Å²) in [6, 6.07) is 3.78. The number of hydrogen-bond donors (Lipinski definition) is 0. The number of hydrogen-bond acceptors (Lipinski definition) is 5. The molecule has 0 radical (unpaired) electrons. The van der Waals surface area contributed by atoms with Crippen molar-refractivity contribution in [2.45, 2.75) is 19.9 Å². The van der Waals surface area contributed by atoms with Crippen LogP contribution in [-0.2, 0) is 0 Å². The lowest BCUT2D eigenvalue weighted by molar-refractivity contribution is 0.104. The van der Waals surface area contributed by atoms with Gasteiger partial charge in [-0.15, -0.1) is 0 Å². The molecule has 0 saturated carbocycles. The molecular weight excluding hydrogens is 308 g/mol. The summed E-state index contributed by atoms with van der Waals surface area (Å²) < 4.78 is 17.7. The predicted molar refractivity (Wildman–Crippen MR) is 92.1 cm³/mol. The number of methoxy groups -OCH3 is 3. The summed E-state index contributed by atoms with van der Waals surface area (Å²) >= 11 is 0. The number of carbonyl (C=O) groups excluding carboxylic acids is 1. The highest BCUT2D eigenvalue weighted by Gasteiger charge is 2.14. The smallest absolute Gasteiger partial charge is 0.203 e. The van der Waals surface area contributed by atoms with Gasteiger partial charge in [-0.3, -0.25) is 9.48 Å². The van der Waals surface area contributed by atoms with Crippen LogP contribution in [0.15, 0.2) is 30.6 Å². The number of ketones is 1. The van der Waals surface area contributed by atoms with E-state index in [0.29, 0.717) is 22.8 Å². The highest BCUT2D eigenvalue weighted by atomic mass is 16.5. The minimum Gasteiger partial charge on any atom is -0.493 e. The molecule has 0 aliphatic rings. The molecule has 0 amide bonds. The highest BCUT2D eigenvalue weighted by molar-refractivity contribution is 6.06. The molecule has 0 N–H and O–H groups in total. The maximum atomic E-state index is 12.3. The average molecular weight is 330 g/mol. The van der Waals surface area contributed by atoms with Crippen molar-refractivity contribution in [1.29, 1.82) is 0 Å². The van der Waals surface area contributed by atoms with Crippen molar-refractivity contribution in [2.24, 2.45) is 0 Å². The average Bonchev–Trinajstić information content (AvgIpc) is 3.09. The number of ether oxygens (including phenoxy) is 3. The minimum atomic E-state index is -0.126. The zero-order chi connectivity index (χ0) is 17.7. The molecule has 2 rings (SSSR count). The summed E-state index contributed by atoms with van der Waals surface area (Å²) in [5.74, 6) is 1.44. The zero-order valence-corrected chi connectivity index (χ0v) is 14.6. The van der Waals surface area contributed by atoms with E-state index in [1.54, 1.807) is 50.5 Å². The first-order valence-corrected chi connectivity index (χ1v) is 7.57. The van der Waals surface area contributed by atoms with Crippen LogP contribution >= 0.6 is 0 Å². The largest absolute Gasteiger partial charge is 0.493 e. The van der Waals surface area contributed by atoms with Crippen molar-refractivity contribution < 1.29 is 19.0 Å². The first-order chi connectivity index (χ1) is 11.5. The standard InChI is InChI=1S/C18H22N2O4/c1-12(2)20-11-14(10-19-20)15(21)8-6-13-7-9-16(22-3)18(24-5)17(13)23-4/h6-12H,1-5H3/b8-6-. The Morgan fingerprint density at radius 2 is 1.83 bits per heavy atom. The molecule has 2 aromatic rings. The quantitative estimate of drug-likeness (QED) is 0.575. The Morgan fingerprint density at radius 1 is 1.12 bits per heavy atom. The summed E-state index contributed by atoms with van der Waals surface area (Å²) in [5, 5.41) is 4.18. The van der Waals surface area contributed by atoms with Crippen molar-refractivity contribution in [3.05, 3.63) is 41.7 Å². The van der Waals surface area contributed by atoms with E-state index >= 15 is 0 Å². The van der Waals surface area contributed by atoms with E-state index in [1.807, 2.05) is 19.9 Å². The van der Waals surface area contributed by atoms with Gasteiger partial charge in [-0.2, -0.15) is 5.10 Å². The monoisotopic (exact) mass is 330 g/mol. The van der Waals surface area contributed by atoms with Crippen LogP contribution in [-0.4, -0.2) is 36.9 Å². The number of allylic oxidation sites excluding steroid dienone is 1. The second-order valence-corrected chi connectivity index (χ2v) is 5.42. The number of rotatable bonds is 7. The molecule has 0 aliphatic heterocycles. The normalized spacial score (nSPS) is 11.1. The van der Waals surface area contributed by atoms with E-state index in [-0.39, 0.29) is 11.8 Å². The maximum Gasteiger partial charge on any atom is 0.203 e. The van der Waals surface area contributed by atoms with Gasteiger partial charge in [-0.05, 0) is 38.1 Å². The summed E-state index contributed by atoms with van der Waals surface area (Å²) in [5.41, 5.74) is 1.26. The van der Waals surface area contributed by atoms with E-state index in [0.717, 1.165) is 5.56 Å². The van der Waals surface area contributed by atoms with E-state index in [2.05, 4.69) is 5.10 Å². The molecule has 0 unspecified atom stereocenters. The van der Waals surface area contributed by atoms with Crippen LogP contribution in [0, 0.1) is 0 Å². The van der Waals surface area contributed by atoms with E-state index < -0.39 is 0 Å². The molecule has 1 heterocycles. The molecular formula is C18H22N2O4. The van der Waals surface area contributed by atoms with Gasteiger partial charge in [0.1, 0.15) is 0 Å². The van der Waals surface area contributed by atoms with Gasteiger partial charge in [0.15, 0.2) is 17.3 Å². The molecule has 0 spiro atoms. The topological polar surface area (TPSA) is 62.6 Å². The van der Waals surface area contributed by atoms with Gasteiger partial charge in [0.2, 0.25) is 5.75 Å². The number of nitrogens with zero attached hydrogens (tertiary/aromatic N) is 2. The molecule has 0 saturated heterocycles. The Hall–Kier alpha value is -2.76. The minimum absolute atomic E-state index is 0.126. The van der Waals surface area contributed by atoms with Crippen LogP contribution in [0.1, 0.15) is 35.8 Å². The summed E-state index contributed by atoms with van der Waals surface area (Å²) in [6.07, 6.45) is 6.49. The highest BCUT2D eigenvalue weighted by Crippen LogP contribution is 2.40. The molecule has 1 aromatic carbocycles.